The summed E-state index contributed by atoms with van der Waals surface area (Å²) < 4.78 is 10.8. The van der Waals surface area contributed by atoms with Crippen molar-refractivity contribution in [3.8, 4) is 11.5 Å². The fourth-order valence-corrected chi connectivity index (χ4v) is 3.46. The highest BCUT2D eigenvalue weighted by molar-refractivity contribution is 6.05. The number of benzene rings is 3. The van der Waals surface area contributed by atoms with E-state index in [1.807, 2.05) is 43.3 Å². The Balaban J connectivity index is 1.62. The molecule has 0 unspecified atom stereocenters. The van der Waals surface area contributed by atoms with Crippen LogP contribution in [0.2, 0.25) is 0 Å². The average molecular weight is 476 g/mol. The number of nitrogens with one attached hydrogen (secondary N) is 3. The number of anilines is 2. The lowest BCUT2D eigenvalue weighted by molar-refractivity contribution is -0.124. The first-order valence-electron chi connectivity index (χ1n) is 11.2. The van der Waals surface area contributed by atoms with Gasteiger partial charge < -0.3 is 25.4 Å². The summed E-state index contributed by atoms with van der Waals surface area (Å²) in [6.45, 7) is 1.89. The van der Waals surface area contributed by atoms with Crippen molar-refractivity contribution in [1.29, 1.82) is 0 Å². The molecule has 0 spiro atoms. The van der Waals surface area contributed by atoms with Gasteiger partial charge in [-0.05, 0) is 24.6 Å². The van der Waals surface area contributed by atoms with Crippen LogP contribution in [0, 0.1) is 0 Å². The second-order valence-corrected chi connectivity index (χ2v) is 7.82. The van der Waals surface area contributed by atoms with Gasteiger partial charge in [0.15, 0.2) is 0 Å². The molecule has 0 aliphatic carbocycles. The molecule has 0 heterocycles. The molecule has 8 heteroatoms. The Bertz CT molecular complexity index is 1170. The van der Waals surface area contributed by atoms with Crippen LogP contribution in [0.3, 0.4) is 0 Å². The van der Waals surface area contributed by atoms with Crippen LogP contribution >= 0.6 is 0 Å². The maximum atomic E-state index is 12.5. The lowest BCUT2D eigenvalue weighted by Crippen LogP contribution is -2.27. The second-order valence-electron chi connectivity index (χ2n) is 7.82. The molecule has 3 amide bonds. The fourth-order valence-electron chi connectivity index (χ4n) is 3.46. The summed E-state index contributed by atoms with van der Waals surface area (Å²) in [6.07, 6.45) is 0.0268. The maximum absolute atomic E-state index is 12.5. The normalized spacial score (nSPS) is 11.2. The molecule has 3 rings (SSSR count). The number of amides is 3. The number of hydrogen-bond acceptors (Lipinski definition) is 5. The predicted octanol–water partition coefficient (Wildman–Crippen LogP) is 4.55. The quantitative estimate of drug-likeness (QED) is 0.399. The van der Waals surface area contributed by atoms with Gasteiger partial charge in [0.25, 0.3) is 5.91 Å². The summed E-state index contributed by atoms with van der Waals surface area (Å²) in [6, 6.07) is 21.3. The summed E-state index contributed by atoms with van der Waals surface area (Å²) in [4.78, 5) is 37.4. The van der Waals surface area contributed by atoms with E-state index in [1.165, 1.54) is 14.2 Å². The third-order valence-electron chi connectivity index (χ3n) is 5.34. The van der Waals surface area contributed by atoms with Crippen LogP contribution in [0.25, 0.3) is 0 Å². The molecule has 3 N–H and O–H groups in total. The maximum Gasteiger partial charge on any atom is 0.255 e. The van der Waals surface area contributed by atoms with Crippen molar-refractivity contribution >= 4 is 29.1 Å². The number of carbonyl (C=O) groups excluding carboxylic acids is 3. The van der Waals surface area contributed by atoms with Crippen LogP contribution in [0.15, 0.2) is 72.8 Å². The van der Waals surface area contributed by atoms with Gasteiger partial charge in [-0.2, -0.15) is 0 Å². The molecule has 0 saturated heterocycles. The summed E-state index contributed by atoms with van der Waals surface area (Å²) >= 11 is 0. The van der Waals surface area contributed by atoms with Gasteiger partial charge in [0.1, 0.15) is 11.5 Å². The van der Waals surface area contributed by atoms with Gasteiger partial charge in [-0.3, -0.25) is 14.4 Å². The minimum Gasteiger partial charge on any atom is -0.494 e. The number of hydrogen-bond donors (Lipinski definition) is 3. The van der Waals surface area contributed by atoms with E-state index < -0.39 is 0 Å². The SMILES string of the molecule is COc1cc(NC(=O)c2ccccc2)c(OC)cc1NC(=O)CCC(=O)N[C@H](C)c1ccccc1. The van der Waals surface area contributed by atoms with Gasteiger partial charge in [-0.15, -0.1) is 0 Å². The van der Waals surface area contributed by atoms with E-state index in [1.54, 1.807) is 36.4 Å². The van der Waals surface area contributed by atoms with Crippen molar-refractivity contribution in [3.63, 3.8) is 0 Å². The Morgan fingerprint density at radius 1 is 0.743 bits per heavy atom. The molecule has 3 aromatic carbocycles. The van der Waals surface area contributed by atoms with Crippen LogP contribution in [-0.4, -0.2) is 31.9 Å². The van der Waals surface area contributed by atoms with Crippen molar-refractivity contribution in [3.05, 3.63) is 83.9 Å². The molecule has 8 nitrogen and oxygen atoms in total. The topological polar surface area (TPSA) is 106 Å². The van der Waals surface area contributed by atoms with Crippen molar-refractivity contribution in [1.82, 2.24) is 5.32 Å². The summed E-state index contributed by atoms with van der Waals surface area (Å²) in [5.41, 5.74) is 2.24. The van der Waals surface area contributed by atoms with E-state index in [-0.39, 0.29) is 36.6 Å². The second kappa shape index (κ2) is 12.2. The molecule has 3 aromatic rings. The first-order valence-corrected chi connectivity index (χ1v) is 11.2. The molecule has 0 aliphatic rings. The molecular weight excluding hydrogens is 446 g/mol. The van der Waals surface area contributed by atoms with Crippen LogP contribution < -0.4 is 25.4 Å². The minimum atomic E-state index is -0.353. The first-order chi connectivity index (χ1) is 16.9. The number of ether oxygens (including phenoxy) is 2. The largest absolute Gasteiger partial charge is 0.494 e. The third-order valence-corrected chi connectivity index (χ3v) is 5.34. The van der Waals surface area contributed by atoms with Crippen LogP contribution in [0.5, 0.6) is 11.5 Å². The molecule has 0 bridgehead atoms. The van der Waals surface area contributed by atoms with Crippen molar-refractivity contribution < 1.29 is 23.9 Å². The minimum absolute atomic E-state index is 0.00862. The van der Waals surface area contributed by atoms with E-state index in [9.17, 15) is 14.4 Å². The van der Waals surface area contributed by atoms with Gasteiger partial charge >= 0.3 is 0 Å². The summed E-state index contributed by atoms with van der Waals surface area (Å²) in [5.74, 6) is -0.197. The average Bonchev–Trinajstić information content (AvgIpc) is 2.89. The smallest absolute Gasteiger partial charge is 0.255 e. The molecule has 0 aliphatic heterocycles. The highest BCUT2D eigenvalue weighted by Gasteiger charge is 2.17. The van der Waals surface area contributed by atoms with Gasteiger partial charge in [-0.1, -0.05) is 48.5 Å². The van der Waals surface area contributed by atoms with E-state index in [0.29, 0.717) is 28.4 Å². The van der Waals surface area contributed by atoms with Crippen molar-refractivity contribution in [2.75, 3.05) is 24.9 Å². The molecule has 0 radical (unpaired) electrons. The zero-order valence-electron chi connectivity index (χ0n) is 20.0. The van der Waals surface area contributed by atoms with Crippen LogP contribution in [-0.2, 0) is 9.59 Å². The Labute approximate surface area is 204 Å². The molecular formula is C27H29N3O5. The Kier molecular flexibility index (Phi) is 8.83. The monoisotopic (exact) mass is 475 g/mol. The third kappa shape index (κ3) is 7.07. The fraction of sp³-hybridized carbons (Fsp3) is 0.222. The zero-order valence-corrected chi connectivity index (χ0v) is 20.0. The van der Waals surface area contributed by atoms with Gasteiger partial charge in [0.2, 0.25) is 11.8 Å². The standard InChI is InChI=1S/C27H29N3O5/c1-18(19-10-6-4-7-11-19)28-25(31)14-15-26(32)29-21-16-24(35-3)22(17-23(21)34-2)30-27(33)20-12-8-5-9-13-20/h4-13,16-18H,14-15H2,1-3H3,(H,28,31)(H,29,32)(H,30,33)/t18-/m1/s1. The lowest BCUT2D eigenvalue weighted by Gasteiger charge is -2.17. The predicted molar refractivity (Wildman–Crippen MR) is 135 cm³/mol. The number of carbonyl (C=O) groups is 3. The van der Waals surface area contributed by atoms with Crippen LogP contribution in [0.4, 0.5) is 11.4 Å². The summed E-state index contributed by atoms with van der Waals surface area (Å²) in [7, 11) is 2.92. The highest BCUT2D eigenvalue weighted by atomic mass is 16.5. The van der Waals surface area contributed by atoms with E-state index >= 15 is 0 Å². The van der Waals surface area contributed by atoms with E-state index in [2.05, 4.69) is 16.0 Å². The summed E-state index contributed by atoms with van der Waals surface area (Å²) in [5, 5.41) is 8.44. The molecule has 35 heavy (non-hydrogen) atoms. The first kappa shape index (κ1) is 25.3. The highest BCUT2D eigenvalue weighted by Crippen LogP contribution is 2.36. The van der Waals surface area contributed by atoms with Crippen molar-refractivity contribution in [2.45, 2.75) is 25.8 Å². The number of rotatable bonds is 10. The van der Waals surface area contributed by atoms with Gasteiger partial charge in [0, 0.05) is 30.5 Å². The Hall–Kier alpha value is -4.33. The molecule has 0 saturated carbocycles. The molecule has 0 aromatic heterocycles. The number of methoxy groups -OCH3 is 2. The van der Waals surface area contributed by atoms with Gasteiger partial charge in [-0.25, -0.2) is 0 Å². The molecule has 182 valence electrons. The van der Waals surface area contributed by atoms with E-state index in [0.717, 1.165) is 5.56 Å². The molecule has 1 atom stereocenters. The van der Waals surface area contributed by atoms with E-state index in [4.69, 9.17) is 9.47 Å². The van der Waals surface area contributed by atoms with Crippen LogP contribution in [0.1, 0.15) is 41.7 Å². The Morgan fingerprint density at radius 2 is 1.26 bits per heavy atom. The van der Waals surface area contributed by atoms with Crippen molar-refractivity contribution in [2.24, 2.45) is 0 Å². The Morgan fingerprint density at radius 3 is 1.83 bits per heavy atom. The zero-order chi connectivity index (χ0) is 25.2. The lowest BCUT2D eigenvalue weighted by atomic mass is 10.1. The molecule has 0 fully saturated rings. The van der Waals surface area contributed by atoms with Gasteiger partial charge in [0.05, 0.1) is 31.6 Å².